The highest BCUT2D eigenvalue weighted by molar-refractivity contribution is 7.89. The van der Waals surface area contributed by atoms with E-state index in [1.165, 1.54) is 24.3 Å². The third kappa shape index (κ3) is 3.67. The molecule has 0 unspecified atom stereocenters. The number of nitrogens with two attached hydrogens (primary N) is 1. The van der Waals surface area contributed by atoms with E-state index in [9.17, 15) is 18.3 Å². The van der Waals surface area contributed by atoms with Gasteiger partial charge in [-0.1, -0.05) is 6.07 Å². The number of carbonyl (C=O) groups excluding carboxylic acids is 1. The second-order valence-electron chi connectivity index (χ2n) is 5.92. The van der Waals surface area contributed by atoms with E-state index in [0.29, 0.717) is 18.4 Å². The number of amides is 1. The number of hydrogen-bond acceptors (Lipinski definition) is 5. The molecule has 2 aromatic rings. The summed E-state index contributed by atoms with van der Waals surface area (Å²) in [4.78, 5) is 13.5. The van der Waals surface area contributed by atoms with Crippen molar-refractivity contribution in [2.75, 3.05) is 0 Å². The van der Waals surface area contributed by atoms with Crippen LogP contribution in [0.2, 0.25) is 0 Å². The van der Waals surface area contributed by atoms with Crippen LogP contribution < -0.4 is 10.5 Å². The highest BCUT2D eigenvalue weighted by atomic mass is 32.2. The third-order valence-corrected chi connectivity index (χ3v) is 6.09. The number of thiophene rings is 1. The molecular weight excluding hydrogens is 348 g/mol. The van der Waals surface area contributed by atoms with Crippen molar-refractivity contribution >= 4 is 27.3 Å². The average Bonchev–Trinajstić information content (AvgIpc) is 3.03. The normalized spacial score (nSPS) is 21.8. The molecule has 1 atom stereocenters. The molecule has 1 aliphatic rings. The van der Waals surface area contributed by atoms with Gasteiger partial charge in [-0.3, -0.25) is 4.79 Å². The molecule has 0 bridgehead atoms. The SMILES string of the molecule is NS(=O)(=O)c1ccc(C(=O)N[C@@H](c2cccs2)C2CC(O)C2)cc1. The van der Waals surface area contributed by atoms with Crippen molar-refractivity contribution in [3.05, 3.63) is 52.2 Å². The monoisotopic (exact) mass is 366 g/mol. The van der Waals surface area contributed by atoms with E-state index in [1.54, 1.807) is 11.3 Å². The lowest BCUT2D eigenvalue weighted by Gasteiger charge is -2.37. The molecule has 128 valence electrons. The molecule has 8 heteroatoms. The average molecular weight is 366 g/mol. The van der Waals surface area contributed by atoms with Crippen LogP contribution in [0.1, 0.15) is 34.1 Å². The van der Waals surface area contributed by atoms with Gasteiger partial charge in [0.2, 0.25) is 10.0 Å². The molecule has 0 aliphatic heterocycles. The Morgan fingerprint density at radius 2 is 1.92 bits per heavy atom. The molecule has 0 spiro atoms. The van der Waals surface area contributed by atoms with Crippen LogP contribution >= 0.6 is 11.3 Å². The molecule has 1 aliphatic carbocycles. The molecular formula is C16H18N2O4S2. The van der Waals surface area contributed by atoms with E-state index < -0.39 is 10.0 Å². The number of nitrogens with one attached hydrogen (secondary N) is 1. The smallest absolute Gasteiger partial charge is 0.251 e. The molecule has 0 saturated heterocycles. The summed E-state index contributed by atoms with van der Waals surface area (Å²) in [6, 6.07) is 9.25. The number of hydrogen-bond donors (Lipinski definition) is 3. The first-order valence-corrected chi connectivity index (χ1v) is 9.92. The lowest BCUT2D eigenvalue weighted by molar-refractivity contribution is 0.0241. The lowest BCUT2D eigenvalue weighted by atomic mass is 9.76. The maximum atomic E-state index is 12.5. The summed E-state index contributed by atoms with van der Waals surface area (Å²) in [6.45, 7) is 0. The van der Waals surface area contributed by atoms with E-state index in [-0.39, 0.29) is 28.9 Å². The molecule has 1 saturated carbocycles. The first kappa shape index (κ1) is 17.1. The Bertz CT molecular complexity index is 810. The Morgan fingerprint density at radius 3 is 2.42 bits per heavy atom. The van der Waals surface area contributed by atoms with Gasteiger partial charge in [-0.15, -0.1) is 11.3 Å². The van der Waals surface area contributed by atoms with Crippen LogP contribution in [0.3, 0.4) is 0 Å². The third-order valence-electron chi connectivity index (χ3n) is 4.20. The zero-order chi connectivity index (χ0) is 17.3. The predicted molar refractivity (Wildman–Crippen MR) is 91.1 cm³/mol. The van der Waals surface area contributed by atoms with E-state index >= 15 is 0 Å². The van der Waals surface area contributed by atoms with Gasteiger partial charge >= 0.3 is 0 Å². The molecule has 24 heavy (non-hydrogen) atoms. The molecule has 3 rings (SSSR count). The fourth-order valence-electron chi connectivity index (χ4n) is 2.81. The highest BCUT2D eigenvalue weighted by Gasteiger charge is 2.36. The highest BCUT2D eigenvalue weighted by Crippen LogP contribution is 2.39. The minimum atomic E-state index is -3.78. The van der Waals surface area contributed by atoms with Gasteiger partial charge in [0.1, 0.15) is 0 Å². The first-order valence-electron chi connectivity index (χ1n) is 7.50. The van der Waals surface area contributed by atoms with Crippen molar-refractivity contribution in [2.24, 2.45) is 11.1 Å². The molecule has 1 aromatic carbocycles. The van der Waals surface area contributed by atoms with Crippen LogP contribution in [0, 0.1) is 5.92 Å². The Balaban J connectivity index is 1.76. The molecule has 0 radical (unpaired) electrons. The second kappa shape index (κ2) is 6.64. The number of rotatable bonds is 5. The largest absolute Gasteiger partial charge is 0.393 e. The van der Waals surface area contributed by atoms with Crippen molar-refractivity contribution in [3.63, 3.8) is 0 Å². The summed E-state index contributed by atoms with van der Waals surface area (Å²) in [5, 5.41) is 19.5. The summed E-state index contributed by atoms with van der Waals surface area (Å²) >= 11 is 1.56. The van der Waals surface area contributed by atoms with Gasteiger partial charge in [0.25, 0.3) is 5.91 Å². The number of aliphatic hydroxyl groups is 1. The maximum Gasteiger partial charge on any atom is 0.251 e. The van der Waals surface area contributed by atoms with Gasteiger partial charge in [-0.25, -0.2) is 13.6 Å². The Hall–Kier alpha value is -1.74. The van der Waals surface area contributed by atoms with Crippen molar-refractivity contribution in [3.8, 4) is 0 Å². The van der Waals surface area contributed by atoms with Gasteiger partial charge in [-0.05, 0) is 54.5 Å². The van der Waals surface area contributed by atoms with Crippen LogP contribution in [0.5, 0.6) is 0 Å². The summed E-state index contributed by atoms with van der Waals surface area (Å²) < 4.78 is 22.5. The Kier molecular flexibility index (Phi) is 4.73. The van der Waals surface area contributed by atoms with Crippen molar-refractivity contribution in [2.45, 2.75) is 29.9 Å². The molecule has 1 aromatic heterocycles. The fraction of sp³-hybridized carbons (Fsp3) is 0.312. The van der Waals surface area contributed by atoms with Gasteiger partial charge < -0.3 is 10.4 Å². The number of carbonyl (C=O) groups is 1. The van der Waals surface area contributed by atoms with E-state index in [0.717, 1.165) is 4.88 Å². The van der Waals surface area contributed by atoms with Gasteiger partial charge in [-0.2, -0.15) is 0 Å². The zero-order valence-corrected chi connectivity index (χ0v) is 14.4. The standard InChI is InChI=1S/C16H18N2O4S2/c17-24(21,22)13-5-3-10(4-6-13)16(20)18-15(11-8-12(19)9-11)14-2-1-7-23-14/h1-7,11-12,15,19H,8-9H2,(H,18,20)(H2,17,21,22)/t11?,12?,15-/m1/s1. The van der Waals surface area contributed by atoms with Crippen molar-refractivity contribution < 1.29 is 18.3 Å². The predicted octanol–water partition coefficient (Wildman–Crippen LogP) is 1.64. The molecule has 6 nitrogen and oxygen atoms in total. The van der Waals surface area contributed by atoms with E-state index in [1.807, 2.05) is 17.5 Å². The topological polar surface area (TPSA) is 109 Å². The summed E-state index contributed by atoms with van der Waals surface area (Å²) in [6.07, 6.45) is 1.02. The van der Waals surface area contributed by atoms with Crippen molar-refractivity contribution in [1.82, 2.24) is 5.32 Å². The van der Waals surface area contributed by atoms with Crippen LogP contribution in [0.4, 0.5) is 0 Å². The zero-order valence-electron chi connectivity index (χ0n) is 12.8. The fourth-order valence-corrected chi connectivity index (χ4v) is 4.20. The van der Waals surface area contributed by atoms with Gasteiger partial charge in [0.05, 0.1) is 17.0 Å². The van der Waals surface area contributed by atoms with E-state index in [2.05, 4.69) is 5.32 Å². The molecule has 1 fully saturated rings. The minimum absolute atomic E-state index is 0.0315. The molecule has 1 amide bonds. The number of benzene rings is 1. The van der Waals surface area contributed by atoms with E-state index in [4.69, 9.17) is 5.14 Å². The van der Waals surface area contributed by atoms with Crippen LogP contribution in [-0.2, 0) is 10.0 Å². The lowest BCUT2D eigenvalue weighted by Crippen LogP contribution is -2.41. The minimum Gasteiger partial charge on any atom is -0.393 e. The summed E-state index contributed by atoms with van der Waals surface area (Å²) in [5.74, 6) is -0.0814. The van der Waals surface area contributed by atoms with Crippen LogP contribution in [0.15, 0.2) is 46.7 Å². The summed E-state index contributed by atoms with van der Waals surface area (Å²) in [7, 11) is -3.78. The Morgan fingerprint density at radius 1 is 1.25 bits per heavy atom. The first-order chi connectivity index (χ1) is 11.3. The molecule has 1 heterocycles. The van der Waals surface area contributed by atoms with Crippen LogP contribution in [-0.4, -0.2) is 25.5 Å². The maximum absolute atomic E-state index is 12.5. The van der Waals surface area contributed by atoms with Gasteiger partial charge in [0, 0.05) is 10.4 Å². The van der Waals surface area contributed by atoms with Crippen LogP contribution in [0.25, 0.3) is 0 Å². The quantitative estimate of drug-likeness (QED) is 0.747. The molecule has 4 N–H and O–H groups in total. The second-order valence-corrected chi connectivity index (χ2v) is 8.46. The number of aliphatic hydroxyl groups excluding tert-OH is 1. The van der Waals surface area contributed by atoms with Gasteiger partial charge in [0.15, 0.2) is 0 Å². The Labute approximate surface area is 144 Å². The number of primary sulfonamides is 1. The number of sulfonamides is 1. The summed E-state index contributed by atoms with van der Waals surface area (Å²) in [5.41, 5.74) is 0.365. The van der Waals surface area contributed by atoms with Crippen molar-refractivity contribution in [1.29, 1.82) is 0 Å².